The second-order valence-electron chi connectivity index (χ2n) is 4.45. The molecule has 1 rings (SSSR count). The van der Waals surface area contributed by atoms with E-state index in [1.807, 2.05) is 32.0 Å². The van der Waals surface area contributed by atoms with Crippen LogP contribution >= 0.6 is 0 Å². The summed E-state index contributed by atoms with van der Waals surface area (Å²) in [6.45, 7) is 6.30. The Labute approximate surface area is 120 Å². The molecule has 5 nitrogen and oxygen atoms in total. The lowest BCUT2D eigenvalue weighted by Gasteiger charge is -2.16. The Morgan fingerprint density at radius 3 is 2.60 bits per heavy atom. The highest BCUT2D eigenvalue weighted by molar-refractivity contribution is 5.71. The van der Waals surface area contributed by atoms with Crippen molar-refractivity contribution in [2.24, 2.45) is 5.73 Å². The molecule has 1 aromatic carbocycles. The van der Waals surface area contributed by atoms with Gasteiger partial charge in [0.25, 0.3) is 0 Å². The van der Waals surface area contributed by atoms with Crippen molar-refractivity contribution in [2.45, 2.75) is 33.2 Å². The van der Waals surface area contributed by atoms with Gasteiger partial charge in [-0.3, -0.25) is 0 Å². The molecule has 112 valence electrons. The summed E-state index contributed by atoms with van der Waals surface area (Å²) >= 11 is 0. The molecule has 0 bridgehead atoms. The molecule has 1 unspecified atom stereocenters. The van der Waals surface area contributed by atoms with E-state index in [9.17, 15) is 4.79 Å². The van der Waals surface area contributed by atoms with Crippen LogP contribution in [0.2, 0.25) is 0 Å². The third-order valence-electron chi connectivity index (χ3n) is 2.54. The summed E-state index contributed by atoms with van der Waals surface area (Å²) in [5, 5.41) is 0. The lowest BCUT2D eigenvalue weighted by molar-refractivity contribution is -0.145. The van der Waals surface area contributed by atoms with Gasteiger partial charge < -0.3 is 19.9 Å². The lowest BCUT2D eigenvalue weighted by Crippen LogP contribution is -2.20. The van der Waals surface area contributed by atoms with E-state index < -0.39 is 5.97 Å². The molecular weight excluding hydrogens is 258 g/mol. The summed E-state index contributed by atoms with van der Waals surface area (Å²) in [6, 6.07) is 5.62. The molecular formula is C15H23NO4. The Bertz CT molecular complexity index is 432. The predicted molar refractivity (Wildman–Crippen MR) is 77.1 cm³/mol. The van der Waals surface area contributed by atoms with E-state index in [1.165, 1.54) is 0 Å². The second-order valence-corrected chi connectivity index (χ2v) is 4.45. The molecule has 1 aromatic rings. The minimum Gasteiger partial charge on any atom is -0.490 e. The summed E-state index contributed by atoms with van der Waals surface area (Å²) in [4.78, 5) is 11.4. The molecule has 0 aliphatic rings. The van der Waals surface area contributed by atoms with E-state index in [0.717, 1.165) is 5.56 Å². The van der Waals surface area contributed by atoms with Gasteiger partial charge in [-0.25, -0.2) is 4.79 Å². The quantitative estimate of drug-likeness (QED) is 0.737. The van der Waals surface area contributed by atoms with E-state index >= 15 is 0 Å². The summed E-state index contributed by atoms with van der Waals surface area (Å²) in [5.41, 5.74) is 6.76. The summed E-state index contributed by atoms with van der Waals surface area (Å²) in [6.07, 6.45) is 0.652. The number of hydrogen-bond acceptors (Lipinski definition) is 5. The molecule has 0 aliphatic heterocycles. The highest BCUT2D eigenvalue weighted by Gasteiger charge is 2.14. The maximum atomic E-state index is 11.4. The molecule has 5 heteroatoms. The fourth-order valence-electron chi connectivity index (χ4n) is 1.84. The number of esters is 1. The molecule has 0 spiro atoms. The largest absolute Gasteiger partial charge is 0.490 e. The van der Waals surface area contributed by atoms with E-state index in [1.54, 1.807) is 6.92 Å². The van der Waals surface area contributed by atoms with Crippen molar-refractivity contribution < 1.29 is 19.0 Å². The number of hydrogen-bond donors (Lipinski definition) is 1. The Morgan fingerprint density at radius 2 is 2.00 bits per heavy atom. The standard InChI is InChI=1S/C15H23NO4/c1-4-18-13-8-6-7-12(9-11(3)16)15(13)20-10-14(17)19-5-2/h6-8,11H,4-5,9-10,16H2,1-3H3. The first-order chi connectivity index (χ1) is 9.58. The average molecular weight is 281 g/mol. The van der Waals surface area contributed by atoms with Crippen molar-refractivity contribution in [3.8, 4) is 11.5 Å². The van der Waals surface area contributed by atoms with Crippen LogP contribution in [0, 0.1) is 0 Å². The zero-order valence-corrected chi connectivity index (χ0v) is 12.3. The van der Waals surface area contributed by atoms with E-state index in [-0.39, 0.29) is 12.6 Å². The van der Waals surface area contributed by atoms with Crippen molar-refractivity contribution in [1.82, 2.24) is 0 Å². The van der Waals surface area contributed by atoms with Crippen LogP contribution in [0.25, 0.3) is 0 Å². The normalized spacial score (nSPS) is 11.8. The third-order valence-corrected chi connectivity index (χ3v) is 2.54. The Hall–Kier alpha value is -1.75. The number of carbonyl (C=O) groups excluding carboxylic acids is 1. The maximum Gasteiger partial charge on any atom is 0.344 e. The van der Waals surface area contributed by atoms with Gasteiger partial charge in [0.2, 0.25) is 0 Å². The van der Waals surface area contributed by atoms with Gasteiger partial charge in [0.15, 0.2) is 18.1 Å². The molecule has 0 aromatic heterocycles. The molecule has 0 amide bonds. The molecule has 20 heavy (non-hydrogen) atoms. The van der Waals surface area contributed by atoms with Crippen molar-refractivity contribution in [2.75, 3.05) is 19.8 Å². The minimum atomic E-state index is -0.398. The fourth-order valence-corrected chi connectivity index (χ4v) is 1.84. The number of para-hydroxylation sites is 1. The molecule has 2 N–H and O–H groups in total. The highest BCUT2D eigenvalue weighted by atomic mass is 16.6. The SMILES string of the molecule is CCOC(=O)COc1c(CC(C)N)cccc1OCC. The van der Waals surface area contributed by atoms with Crippen molar-refractivity contribution >= 4 is 5.97 Å². The third kappa shape index (κ3) is 5.09. The smallest absolute Gasteiger partial charge is 0.344 e. The fraction of sp³-hybridized carbons (Fsp3) is 0.533. The summed E-state index contributed by atoms with van der Waals surface area (Å²) in [7, 11) is 0. The summed E-state index contributed by atoms with van der Waals surface area (Å²) < 4.78 is 16.0. The number of nitrogens with two attached hydrogens (primary N) is 1. The van der Waals surface area contributed by atoms with Gasteiger partial charge in [-0.2, -0.15) is 0 Å². The monoisotopic (exact) mass is 281 g/mol. The van der Waals surface area contributed by atoms with Crippen LogP contribution in [0.3, 0.4) is 0 Å². The van der Waals surface area contributed by atoms with Gasteiger partial charge in [-0.15, -0.1) is 0 Å². The highest BCUT2D eigenvalue weighted by Crippen LogP contribution is 2.32. The lowest BCUT2D eigenvalue weighted by atomic mass is 10.1. The number of rotatable bonds is 8. The van der Waals surface area contributed by atoms with E-state index in [0.29, 0.717) is 31.1 Å². The van der Waals surface area contributed by atoms with Crippen LogP contribution < -0.4 is 15.2 Å². The topological polar surface area (TPSA) is 70.8 Å². The van der Waals surface area contributed by atoms with Gasteiger partial charge in [0, 0.05) is 6.04 Å². The van der Waals surface area contributed by atoms with Crippen LogP contribution in [-0.2, 0) is 16.0 Å². The number of benzene rings is 1. The molecule has 0 aliphatic carbocycles. The average Bonchev–Trinajstić information content (AvgIpc) is 2.38. The first-order valence-corrected chi connectivity index (χ1v) is 6.87. The van der Waals surface area contributed by atoms with Gasteiger partial charge in [0.05, 0.1) is 13.2 Å². The molecule has 1 atom stereocenters. The zero-order chi connectivity index (χ0) is 15.0. The zero-order valence-electron chi connectivity index (χ0n) is 12.3. The second kappa shape index (κ2) is 8.43. The Morgan fingerprint density at radius 1 is 1.25 bits per heavy atom. The molecule has 0 heterocycles. The van der Waals surface area contributed by atoms with Gasteiger partial charge in [-0.1, -0.05) is 12.1 Å². The summed E-state index contributed by atoms with van der Waals surface area (Å²) in [5.74, 6) is 0.792. The van der Waals surface area contributed by atoms with Gasteiger partial charge in [0.1, 0.15) is 0 Å². The van der Waals surface area contributed by atoms with Crippen LogP contribution in [0.4, 0.5) is 0 Å². The predicted octanol–water partition coefficient (Wildman–Crippen LogP) is 1.92. The first kappa shape index (κ1) is 16.3. The molecule has 0 saturated carbocycles. The van der Waals surface area contributed by atoms with Gasteiger partial charge in [-0.05, 0) is 38.8 Å². The number of carbonyl (C=O) groups is 1. The first-order valence-electron chi connectivity index (χ1n) is 6.87. The molecule has 0 saturated heterocycles. The van der Waals surface area contributed by atoms with E-state index in [2.05, 4.69) is 0 Å². The van der Waals surface area contributed by atoms with Crippen LogP contribution in [0.15, 0.2) is 18.2 Å². The molecule has 0 radical (unpaired) electrons. The Kier molecular flexibility index (Phi) is 6.87. The van der Waals surface area contributed by atoms with E-state index in [4.69, 9.17) is 19.9 Å². The minimum absolute atomic E-state index is 0.00294. The van der Waals surface area contributed by atoms with Crippen LogP contribution in [0.5, 0.6) is 11.5 Å². The van der Waals surface area contributed by atoms with Crippen LogP contribution in [0.1, 0.15) is 26.3 Å². The maximum absolute atomic E-state index is 11.4. The number of ether oxygens (including phenoxy) is 3. The molecule has 0 fully saturated rings. The Balaban J connectivity index is 2.89. The van der Waals surface area contributed by atoms with Crippen molar-refractivity contribution in [1.29, 1.82) is 0 Å². The van der Waals surface area contributed by atoms with Gasteiger partial charge >= 0.3 is 5.97 Å². The van der Waals surface area contributed by atoms with Crippen molar-refractivity contribution in [3.05, 3.63) is 23.8 Å². The van der Waals surface area contributed by atoms with Crippen LogP contribution in [-0.4, -0.2) is 31.8 Å². The van der Waals surface area contributed by atoms with Crippen molar-refractivity contribution in [3.63, 3.8) is 0 Å².